The van der Waals surface area contributed by atoms with Gasteiger partial charge in [0.15, 0.2) is 0 Å². The fourth-order valence-corrected chi connectivity index (χ4v) is 3.17. The van der Waals surface area contributed by atoms with Gasteiger partial charge < -0.3 is 16.0 Å². The lowest BCUT2D eigenvalue weighted by Gasteiger charge is -2.22. The molecule has 1 unspecified atom stereocenters. The van der Waals surface area contributed by atoms with E-state index in [1.165, 1.54) is 7.05 Å². The summed E-state index contributed by atoms with van der Waals surface area (Å²) in [6, 6.07) is 15.1. The number of amides is 5. The number of imide groups is 1. The average molecular weight is 394 g/mol. The van der Waals surface area contributed by atoms with Crippen LogP contribution in [0.15, 0.2) is 54.6 Å². The second-order valence-corrected chi connectivity index (χ2v) is 6.87. The Morgan fingerprint density at radius 1 is 1.07 bits per heavy atom. The summed E-state index contributed by atoms with van der Waals surface area (Å²) in [6.45, 7) is 1.40. The minimum atomic E-state index is -1.21. The lowest BCUT2D eigenvalue weighted by atomic mass is 9.92. The molecule has 5 amide bonds. The summed E-state index contributed by atoms with van der Waals surface area (Å²) >= 11 is 0. The maximum atomic E-state index is 12.8. The van der Waals surface area contributed by atoms with Crippen LogP contribution in [0.4, 0.5) is 4.79 Å². The highest BCUT2D eigenvalue weighted by Crippen LogP contribution is 2.28. The quantitative estimate of drug-likeness (QED) is 0.639. The van der Waals surface area contributed by atoms with E-state index < -0.39 is 23.4 Å². The summed E-state index contributed by atoms with van der Waals surface area (Å²) in [5, 5.41) is 7.88. The summed E-state index contributed by atoms with van der Waals surface area (Å²) < 4.78 is 0. The molecule has 1 fully saturated rings. The molecule has 0 bridgehead atoms. The third-order valence-electron chi connectivity index (χ3n) is 4.83. The van der Waals surface area contributed by atoms with Gasteiger partial charge in [0.1, 0.15) is 12.1 Å². The van der Waals surface area contributed by atoms with Crippen molar-refractivity contribution in [3.8, 4) is 0 Å². The summed E-state index contributed by atoms with van der Waals surface area (Å²) in [7, 11) is 1.54. The largest absolute Gasteiger partial charge is 0.355 e. The van der Waals surface area contributed by atoms with Crippen molar-refractivity contribution >= 4 is 23.8 Å². The Hall–Kier alpha value is -3.68. The zero-order valence-electron chi connectivity index (χ0n) is 16.2. The van der Waals surface area contributed by atoms with Crippen molar-refractivity contribution in [1.82, 2.24) is 20.9 Å². The molecule has 1 saturated heterocycles. The van der Waals surface area contributed by atoms with Crippen LogP contribution >= 0.6 is 0 Å². The fourth-order valence-electron chi connectivity index (χ4n) is 3.17. The molecule has 2 aromatic carbocycles. The van der Waals surface area contributed by atoms with Crippen molar-refractivity contribution in [3.05, 3.63) is 71.3 Å². The van der Waals surface area contributed by atoms with Crippen molar-refractivity contribution in [3.63, 3.8) is 0 Å². The van der Waals surface area contributed by atoms with Crippen LogP contribution in [-0.4, -0.2) is 42.2 Å². The second-order valence-electron chi connectivity index (χ2n) is 6.87. The van der Waals surface area contributed by atoms with E-state index >= 15 is 0 Å². The van der Waals surface area contributed by atoms with Crippen LogP contribution in [0.5, 0.6) is 0 Å². The molecule has 0 saturated carbocycles. The Kier molecular flexibility index (Phi) is 5.63. The highest BCUT2D eigenvalue weighted by molar-refractivity contribution is 6.09. The number of rotatable bonds is 6. The number of carbonyl (C=O) groups is 4. The number of carbonyl (C=O) groups excluding carboxylic acids is 4. The zero-order valence-corrected chi connectivity index (χ0v) is 16.2. The van der Waals surface area contributed by atoms with Crippen molar-refractivity contribution in [2.24, 2.45) is 0 Å². The van der Waals surface area contributed by atoms with E-state index in [9.17, 15) is 19.2 Å². The van der Waals surface area contributed by atoms with E-state index in [0.29, 0.717) is 11.1 Å². The first-order chi connectivity index (χ1) is 13.8. The summed E-state index contributed by atoms with van der Waals surface area (Å²) in [4.78, 5) is 50.0. The molecular formula is C21H22N4O4. The first-order valence-corrected chi connectivity index (χ1v) is 9.12. The average Bonchev–Trinajstić information content (AvgIpc) is 2.96. The van der Waals surface area contributed by atoms with Gasteiger partial charge in [0.25, 0.3) is 11.8 Å². The van der Waals surface area contributed by atoms with Crippen molar-refractivity contribution in [1.29, 1.82) is 0 Å². The van der Waals surface area contributed by atoms with E-state index in [2.05, 4.69) is 16.0 Å². The maximum absolute atomic E-state index is 12.8. The first-order valence-electron chi connectivity index (χ1n) is 9.12. The molecule has 29 heavy (non-hydrogen) atoms. The zero-order chi connectivity index (χ0) is 21.0. The topological polar surface area (TPSA) is 108 Å². The fraction of sp³-hybridized carbons (Fsp3) is 0.238. The van der Waals surface area contributed by atoms with Gasteiger partial charge in [-0.3, -0.25) is 19.3 Å². The van der Waals surface area contributed by atoms with E-state index in [0.717, 1.165) is 10.5 Å². The molecule has 1 heterocycles. The Labute approximate surface area is 168 Å². The van der Waals surface area contributed by atoms with Crippen molar-refractivity contribution in [2.45, 2.75) is 19.0 Å². The number of nitrogens with one attached hydrogen (secondary N) is 3. The molecule has 0 aromatic heterocycles. The molecule has 8 heteroatoms. The minimum Gasteiger partial charge on any atom is -0.355 e. The van der Waals surface area contributed by atoms with E-state index in [1.807, 2.05) is 6.07 Å². The molecule has 3 N–H and O–H groups in total. The molecule has 0 aliphatic carbocycles. The van der Waals surface area contributed by atoms with Gasteiger partial charge in [0, 0.05) is 19.2 Å². The first kappa shape index (κ1) is 20.1. The minimum absolute atomic E-state index is 0.170. The Bertz CT molecular complexity index is 960. The van der Waals surface area contributed by atoms with Crippen LogP contribution in [0.3, 0.4) is 0 Å². The van der Waals surface area contributed by atoms with Crippen molar-refractivity contribution < 1.29 is 19.2 Å². The molecular weight excluding hydrogens is 372 g/mol. The van der Waals surface area contributed by atoms with Crippen LogP contribution in [0.25, 0.3) is 0 Å². The number of benzene rings is 2. The number of urea groups is 1. The van der Waals surface area contributed by atoms with E-state index in [1.54, 1.807) is 55.5 Å². The van der Waals surface area contributed by atoms with Gasteiger partial charge in [0.2, 0.25) is 5.91 Å². The van der Waals surface area contributed by atoms with Crippen LogP contribution < -0.4 is 16.0 Å². The highest BCUT2D eigenvalue weighted by Gasteiger charge is 2.49. The monoisotopic (exact) mass is 394 g/mol. The molecule has 0 spiro atoms. The third kappa shape index (κ3) is 4.11. The van der Waals surface area contributed by atoms with Crippen LogP contribution in [0.2, 0.25) is 0 Å². The number of hydrogen-bond acceptors (Lipinski definition) is 4. The van der Waals surface area contributed by atoms with Crippen LogP contribution in [-0.2, 0) is 21.7 Å². The van der Waals surface area contributed by atoms with E-state index in [-0.39, 0.29) is 19.0 Å². The standard InChI is InChI=1S/C21H22N4O4/c1-21(16-9-4-3-5-10-16)19(28)25(20(29)24-21)13-17(26)23-12-14-7-6-8-15(11-14)18(27)22-2/h3-11H,12-13H2,1-2H3,(H,22,27)(H,23,26)(H,24,29). The Morgan fingerprint density at radius 3 is 2.48 bits per heavy atom. The van der Waals surface area contributed by atoms with Gasteiger partial charge in [-0.1, -0.05) is 42.5 Å². The molecule has 0 radical (unpaired) electrons. The van der Waals surface area contributed by atoms with Crippen molar-refractivity contribution in [2.75, 3.05) is 13.6 Å². The molecule has 8 nitrogen and oxygen atoms in total. The summed E-state index contributed by atoms with van der Waals surface area (Å²) in [6.07, 6.45) is 0. The van der Waals surface area contributed by atoms with Gasteiger partial charge in [-0.2, -0.15) is 0 Å². The lowest BCUT2D eigenvalue weighted by molar-refractivity contribution is -0.134. The molecule has 1 atom stereocenters. The predicted octanol–water partition coefficient (Wildman–Crippen LogP) is 1.13. The second kappa shape index (κ2) is 8.14. The molecule has 1 aliphatic heterocycles. The Balaban J connectivity index is 1.63. The number of nitrogens with zero attached hydrogens (tertiary/aromatic N) is 1. The normalized spacial score (nSPS) is 18.3. The Morgan fingerprint density at radius 2 is 1.79 bits per heavy atom. The van der Waals surface area contributed by atoms with Crippen LogP contribution in [0.1, 0.15) is 28.4 Å². The molecule has 3 rings (SSSR count). The summed E-state index contributed by atoms with van der Waals surface area (Å²) in [5.41, 5.74) is 0.644. The van der Waals surface area contributed by atoms with Crippen LogP contribution in [0, 0.1) is 0 Å². The maximum Gasteiger partial charge on any atom is 0.325 e. The molecule has 2 aromatic rings. The molecule has 150 valence electrons. The SMILES string of the molecule is CNC(=O)c1cccc(CNC(=O)CN2C(=O)NC(C)(c3ccccc3)C2=O)c1. The van der Waals surface area contributed by atoms with Gasteiger partial charge in [-0.05, 0) is 30.2 Å². The smallest absolute Gasteiger partial charge is 0.325 e. The molecule has 1 aliphatic rings. The van der Waals surface area contributed by atoms with Gasteiger partial charge in [0.05, 0.1) is 0 Å². The highest BCUT2D eigenvalue weighted by atomic mass is 16.2. The lowest BCUT2D eigenvalue weighted by Crippen LogP contribution is -2.43. The number of hydrogen-bond donors (Lipinski definition) is 3. The predicted molar refractivity (Wildman–Crippen MR) is 106 cm³/mol. The summed E-state index contributed by atoms with van der Waals surface area (Å²) in [5.74, 6) is -1.18. The van der Waals surface area contributed by atoms with Gasteiger partial charge >= 0.3 is 6.03 Å². The van der Waals surface area contributed by atoms with E-state index in [4.69, 9.17) is 0 Å². The van der Waals surface area contributed by atoms with Gasteiger partial charge in [-0.15, -0.1) is 0 Å². The third-order valence-corrected chi connectivity index (χ3v) is 4.83. The van der Waals surface area contributed by atoms with Gasteiger partial charge in [-0.25, -0.2) is 4.79 Å².